The van der Waals surface area contributed by atoms with E-state index >= 15 is 0 Å². The minimum Gasteiger partial charge on any atom is -0.378 e. The number of hydrogen-bond donors (Lipinski definition) is 0. The zero-order valence-corrected chi connectivity index (χ0v) is 8.19. The third-order valence-corrected chi connectivity index (χ3v) is 4.07. The average molecular weight is 180 g/mol. The van der Waals surface area contributed by atoms with Crippen LogP contribution in [0.3, 0.4) is 0 Å². The molecule has 0 aliphatic heterocycles. The molecule has 2 heteroatoms. The normalized spacial score (nSPS) is 55.5. The predicted molar refractivity (Wildman–Crippen MR) is 49.4 cm³/mol. The van der Waals surface area contributed by atoms with Crippen molar-refractivity contribution in [2.75, 3.05) is 13.7 Å². The highest BCUT2D eigenvalue weighted by molar-refractivity contribution is 5.37. The summed E-state index contributed by atoms with van der Waals surface area (Å²) in [7, 11) is 1.85. The first-order chi connectivity index (χ1) is 6.34. The van der Waals surface area contributed by atoms with E-state index in [0.29, 0.717) is 23.9 Å². The maximum absolute atomic E-state index is 5.74. The van der Waals surface area contributed by atoms with Gasteiger partial charge in [-0.3, -0.25) is 0 Å². The van der Waals surface area contributed by atoms with Gasteiger partial charge in [-0.2, -0.15) is 0 Å². The molecule has 2 nitrogen and oxygen atoms in total. The standard InChI is InChI=1S/C11H16O2/c1-3-13-9-6-7-4-5-8-10(9)11(7,8)12-2/h4-5,7-10H,3,6H2,1-2H3/t7-,8+,9+,10+,11?/m0/s1. The largest absolute Gasteiger partial charge is 0.378 e. The maximum Gasteiger partial charge on any atom is 0.0868 e. The fourth-order valence-corrected chi connectivity index (χ4v) is 3.60. The second-order valence-electron chi connectivity index (χ2n) is 4.33. The van der Waals surface area contributed by atoms with Crippen molar-refractivity contribution in [2.45, 2.75) is 25.0 Å². The van der Waals surface area contributed by atoms with Crippen molar-refractivity contribution in [3.63, 3.8) is 0 Å². The van der Waals surface area contributed by atoms with E-state index in [1.807, 2.05) is 7.11 Å². The lowest BCUT2D eigenvalue weighted by Crippen LogP contribution is -2.20. The second kappa shape index (κ2) is 2.37. The molecule has 72 valence electrons. The first-order valence-corrected chi connectivity index (χ1v) is 5.19. The molecule has 0 bridgehead atoms. The van der Waals surface area contributed by atoms with E-state index in [1.165, 1.54) is 6.42 Å². The maximum atomic E-state index is 5.74. The van der Waals surface area contributed by atoms with Gasteiger partial charge < -0.3 is 9.47 Å². The Kier molecular flexibility index (Phi) is 1.46. The number of rotatable bonds is 3. The van der Waals surface area contributed by atoms with Gasteiger partial charge in [-0.25, -0.2) is 0 Å². The van der Waals surface area contributed by atoms with Crippen LogP contribution in [-0.4, -0.2) is 25.4 Å². The fourth-order valence-electron chi connectivity index (χ4n) is 3.60. The van der Waals surface area contributed by atoms with Gasteiger partial charge in [-0.05, 0) is 13.3 Å². The van der Waals surface area contributed by atoms with Gasteiger partial charge in [0.1, 0.15) is 0 Å². The summed E-state index contributed by atoms with van der Waals surface area (Å²) in [5.74, 6) is 1.95. The summed E-state index contributed by atoms with van der Waals surface area (Å²) in [6.07, 6.45) is 6.27. The molecule has 3 aliphatic carbocycles. The minimum atomic E-state index is 0.167. The predicted octanol–water partition coefficient (Wildman–Crippen LogP) is 1.61. The molecule has 3 aliphatic rings. The highest BCUT2D eigenvalue weighted by Crippen LogP contribution is 2.70. The van der Waals surface area contributed by atoms with Crippen LogP contribution in [0, 0.1) is 17.8 Å². The van der Waals surface area contributed by atoms with Gasteiger partial charge in [-0.1, -0.05) is 12.2 Å². The van der Waals surface area contributed by atoms with E-state index in [4.69, 9.17) is 9.47 Å². The van der Waals surface area contributed by atoms with Crippen LogP contribution >= 0.6 is 0 Å². The van der Waals surface area contributed by atoms with Crippen LogP contribution in [0.1, 0.15) is 13.3 Å². The molecule has 3 rings (SSSR count). The molecule has 0 radical (unpaired) electrons. The van der Waals surface area contributed by atoms with Gasteiger partial charge >= 0.3 is 0 Å². The van der Waals surface area contributed by atoms with Crippen molar-refractivity contribution in [3.8, 4) is 0 Å². The molecular weight excluding hydrogens is 164 g/mol. The quantitative estimate of drug-likeness (QED) is 0.614. The second-order valence-corrected chi connectivity index (χ2v) is 4.33. The molecule has 2 saturated carbocycles. The van der Waals surface area contributed by atoms with Crippen LogP contribution in [0.2, 0.25) is 0 Å². The van der Waals surface area contributed by atoms with Crippen molar-refractivity contribution in [2.24, 2.45) is 17.8 Å². The molecule has 0 spiro atoms. The fraction of sp³-hybridized carbons (Fsp3) is 0.818. The van der Waals surface area contributed by atoms with Crippen LogP contribution < -0.4 is 0 Å². The van der Waals surface area contributed by atoms with E-state index in [1.54, 1.807) is 0 Å². The van der Waals surface area contributed by atoms with Gasteiger partial charge in [0.2, 0.25) is 0 Å². The Labute approximate surface area is 78.9 Å². The Morgan fingerprint density at radius 3 is 2.85 bits per heavy atom. The Morgan fingerprint density at radius 1 is 1.46 bits per heavy atom. The molecule has 5 atom stereocenters. The average Bonchev–Trinajstić information content (AvgIpc) is 2.60. The molecular formula is C11H16O2. The van der Waals surface area contributed by atoms with Gasteiger partial charge in [0.15, 0.2) is 0 Å². The topological polar surface area (TPSA) is 18.5 Å². The summed E-state index contributed by atoms with van der Waals surface area (Å²) in [4.78, 5) is 0. The summed E-state index contributed by atoms with van der Waals surface area (Å²) in [5.41, 5.74) is 0.167. The van der Waals surface area contributed by atoms with Gasteiger partial charge in [0, 0.05) is 31.5 Å². The van der Waals surface area contributed by atoms with Crippen molar-refractivity contribution < 1.29 is 9.47 Å². The lowest BCUT2D eigenvalue weighted by Gasteiger charge is -2.16. The zero-order chi connectivity index (χ0) is 9.05. The molecule has 0 aromatic heterocycles. The first-order valence-electron chi connectivity index (χ1n) is 5.19. The monoisotopic (exact) mass is 180 g/mol. The van der Waals surface area contributed by atoms with Crippen molar-refractivity contribution in [1.82, 2.24) is 0 Å². The van der Waals surface area contributed by atoms with Crippen molar-refractivity contribution >= 4 is 0 Å². The molecule has 0 amide bonds. The van der Waals surface area contributed by atoms with E-state index in [9.17, 15) is 0 Å². The van der Waals surface area contributed by atoms with Crippen LogP contribution in [-0.2, 0) is 9.47 Å². The minimum absolute atomic E-state index is 0.167. The van der Waals surface area contributed by atoms with Crippen LogP contribution in [0.25, 0.3) is 0 Å². The summed E-state index contributed by atoms with van der Waals surface area (Å²) >= 11 is 0. The number of fused-ring (bicyclic) bond motifs is 1. The molecule has 13 heavy (non-hydrogen) atoms. The first kappa shape index (κ1) is 8.01. The van der Waals surface area contributed by atoms with Crippen molar-refractivity contribution in [1.29, 1.82) is 0 Å². The van der Waals surface area contributed by atoms with E-state index in [2.05, 4.69) is 19.1 Å². The van der Waals surface area contributed by atoms with E-state index < -0.39 is 0 Å². The molecule has 0 aromatic carbocycles. The zero-order valence-electron chi connectivity index (χ0n) is 8.19. The third-order valence-electron chi connectivity index (χ3n) is 4.07. The lowest BCUT2D eigenvalue weighted by molar-refractivity contribution is 0.0373. The van der Waals surface area contributed by atoms with Crippen LogP contribution in [0.5, 0.6) is 0 Å². The molecule has 0 aromatic rings. The van der Waals surface area contributed by atoms with E-state index in [0.717, 1.165) is 6.61 Å². The highest BCUT2D eigenvalue weighted by atomic mass is 16.5. The SMILES string of the molecule is CCO[C@@H]1C[C@@H]2C=C[C@@H]3[C@H]1C32OC. The van der Waals surface area contributed by atoms with Gasteiger partial charge in [-0.15, -0.1) is 0 Å². The van der Waals surface area contributed by atoms with E-state index in [-0.39, 0.29) is 5.60 Å². The Balaban J connectivity index is 1.84. The van der Waals surface area contributed by atoms with Crippen LogP contribution in [0.15, 0.2) is 12.2 Å². The molecule has 0 N–H and O–H groups in total. The third kappa shape index (κ3) is 0.728. The summed E-state index contributed by atoms with van der Waals surface area (Å²) in [6, 6.07) is 0. The molecule has 1 unspecified atom stereocenters. The summed E-state index contributed by atoms with van der Waals surface area (Å²) in [5, 5.41) is 0. The number of hydrogen-bond acceptors (Lipinski definition) is 2. The summed E-state index contributed by atoms with van der Waals surface area (Å²) < 4.78 is 11.4. The summed E-state index contributed by atoms with van der Waals surface area (Å²) in [6.45, 7) is 2.91. The highest BCUT2D eigenvalue weighted by Gasteiger charge is 2.76. The molecule has 0 heterocycles. The number of ether oxygens (including phenoxy) is 2. The van der Waals surface area contributed by atoms with Gasteiger partial charge in [0.05, 0.1) is 11.7 Å². The molecule has 0 saturated heterocycles. The molecule has 2 fully saturated rings. The Morgan fingerprint density at radius 2 is 2.31 bits per heavy atom. The Hall–Kier alpha value is -0.340. The van der Waals surface area contributed by atoms with Crippen molar-refractivity contribution in [3.05, 3.63) is 12.2 Å². The lowest BCUT2D eigenvalue weighted by atomic mass is 10.0. The van der Waals surface area contributed by atoms with Crippen LogP contribution in [0.4, 0.5) is 0 Å². The number of methoxy groups -OCH3 is 1. The Bertz CT molecular complexity index is 261. The smallest absolute Gasteiger partial charge is 0.0868 e. The van der Waals surface area contributed by atoms with Gasteiger partial charge in [0.25, 0.3) is 0 Å².